The van der Waals surface area contributed by atoms with Crippen LogP contribution >= 0.6 is 11.6 Å². The smallest absolute Gasteiger partial charge is 0.328 e. The van der Waals surface area contributed by atoms with E-state index in [2.05, 4.69) is 0 Å². The minimum absolute atomic E-state index is 0.195. The molecule has 6 heteroatoms. The van der Waals surface area contributed by atoms with Crippen LogP contribution in [0, 0.1) is 0 Å². The molecule has 2 aromatic rings. The molecule has 0 aliphatic carbocycles. The SMILES string of the molecule is COC(=O)C1CCCCN1C(=O)c1ccc(-c2ccccc2Cl)o1. The van der Waals surface area contributed by atoms with E-state index in [0.717, 1.165) is 18.4 Å². The van der Waals surface area contributed by atoms with Crippen molar-refractivity contribution in [2.75, 3.05) is 13.7 Å². The van der Waals surface area contributed by atoms with E-state index in [9.17, 15) is 9.59 Å². The normalized spacial score (nSPS) is 17.6. The molecule has 1 aromatic carbocycles. The molecule has 24 heavy (non-hydrogen) atoms. The minimum atomic E-state index is -0.551. The molecule has 0 N–H and O–H groups in total. The van der Waals surface area contributed by atoms with Crippen molar-refractivity contribution in [2.24, 2.45) is 0 Å². The summed E-state index contributed by atoms with van der Waals surface area (Å²) in [6.45, 7) is 0.515. The second kappa shape index (κ2) is 7.09. The number of hydrogen-bond acceptors (Lipinski definition) is 4. The summed E-state index contributed by atoms with van der Waals surface area (Å²) < 4.78 is 10.5. The predicted molar refractivity (Wildman–Crippen MR) is 89.8 cm³/mol. The first-order valence-electron chi connectivity index (χ1n) is 7.85. The fourth-order valence-electron chi connectivity index (χ4n) is 2.96. The number of piperidine rings is 1. The maximum absolute atomic E-state index is 12.8. The summed E-state index contributed by atoms with van der Waals surface area (Å²) in [5.74, 6) is 0.0284. The van der Waals surface area contributed by atoms with Crippen LogP contribution in [0.4, 0.5) is 0 Å². The van der Waals surface area contributed by atoms with Crippen LogP contribution in [0.25, 0.3) is 11.3 Å². The maximum atomic E-state index is 12.8. The molecule has 2 heterocycles. The van der Waals surface area contributed by atoms with Gasteiger partial charge in [0, 0.05) is 12.1 Å². The molecule has 0 saturated carbocycles. The monoisotopic (exact) mass is 347 g/mol. The van der Waals surface area contributed by atoms with Crippen LogP contribution in [0.2, 0.25) is 5.02 Å². The summed E-state index contributed by atoms with van der Waals surface area (Å²) in [4.78, 5) is 26.2. The van der Waals surface area contributed by atoms with E-state index < -0.39 is 6.04 Å². The van der Waals surface area contributed by atoms with Crippen molar-refractivity contribution >= 4 is 23.5 Å². The van der Waals surface area contributed by atoms with Gasteiger partial charge in [-0.15, -0.1) is 0 Å². The van der Waals surface area contributed by atoms with E-state index in [4.69, 9.17) is 20.8 Å². The van der Waals surface area contributed by atoms with Gasteiger partial charge in [0.25, 0.3) is 5.91 Å². The van der Waals surface area contributed by atoms with Crippen LogP contribution in [0.3, 0.4) is 0 Å². The van der Waals surface area contributed by atoms with Gasteiger partial charge in [-0.05, 0) is 43.5 Å². The van der Waals surface area contributed by atoms with Crippen molar-refractivity contribution in [3.05, 3.63) is 47.2 Å². The van der Waals surface area contributed by atoms with Crippen LogP contribution in [-0.2, 0) is 9.53 Å². The van der Waals surface area contributed by atoms with Gasteiger partial charge in [-0.25, -0.2) is 4.79 Å². The van der Waals surface area contributed by atoms with Crippen molar-refractivity contribution in [3.8, 4) is 11.3 Å². The molecule has 0 bridgehead atoms. The topological polar surface area (TPSA) is 59.8 Å². The van der Waals surface area contributed by atoms with Gasteiger partial charge < -0.3 is 14.1 Å². The highest BCUT2D eigenvalue weighted by atomic mass is 35.5. The summed E-state index contributed by atoms with van der Waals surface area (Å²) in [6, 6.07) is 10.0. The van der Waals surface area contributed by atoms with Crippen molar-refractivity contribution in [1.82, 2.24) is 4.90 Å². The van der Waals surface area contributed by atoms with E-state index in [1.54, 1.807) is 18.2 Å². The highest BCUT2D eigenvalue weighted by molar-refractivity contribution is 6.33. The van der Waals surface area contributed by atoms with E-state index in [0.29, 0.717) is 23.7 Å². The number of likely N-dealkylation sites (tertiary alicyclic amines) is 1. The summed E-state index contributed by atoms with van der Waals surface area (Å²) in [6.07, 6.45) is 2.36. The predicted octanol–water partition coefficient (Wildman–Crippen LogP) is 3.77. The van der Waals surface area contributed by atoms with Crippen molar-refractivity contribution in [2.45, 2.75) is 25.3 Å². The molecule has 1 aromatic heterocycles. The molecule has 0 spiro atoms. The zero-order valence-corrected chi connectivity index (χ0v) is 14.1. The summed E-state index contributed by atoms with van der Waals surface area (Å²) in [5, 5.41) is 0.552. The first kappa shape index (κ1) is 16.6. The van der Waals surface area contributed by atoms with Crippen molar-refractivity contribution in [1.29, 1.82) is 0 Å². The lowest BCUT2D eigenvalue weighted by atomic mass is 10.0. The Morgan fingerprint density at radius 3 is 2.75 bits per heavy atom. The number of benzene rings is 1. The minimum Gasteiger partial charge on any atom is -0.467 e. The lowest BCUT2D eigenvalue weighted by Crippen LogP contribution is -2.48. The zero-order valence-electron chi connectivity index (χ0n) is 13.3. The third-order valence-electron chi connectivity index (χ3n) is 4.19. The van der Waals surface area contributed by atoms with Gasteiger partial charge in [-0.2, -0.15) is 0 Å². The Morgan fingerprint density at radius 1 is 1.21 bits per heavy atom. The van der Waals surface area contributed by atoms with Gasteiger partial charge in [0.1, 0.15) is 11.8 Å². The maximum Gasteiger partial charge on any atom is 0.328 e. The van der Waals surface area contributed by atoms with Gasteiger partial charge in [-0.1, -0.05) is 23.7 Å². The Balaban J connectivity index is 1.85. The quantitative estimate of drug-likeness (QED) is 0.793. The van der Waals surface area contributed by atoms with Gasteiger partial charge in [0.2, 0.25) is 0 Å². The second-order valence-electron chi connectivity index (χ2n) is 5.68. The number of methoxy groups -OCH3 is 1. The Bertz CT molecular complexity index is 755. The van der Waals surface area contributed by atoms with E-state index >= 15 is 0 Å². The highest BCUT2D eigenvalue weighted by Gasteiger charge is 2.34. The number of hydrogen-bond donors (Lipinski definition) is 0. The van der Waals surface area contributed by atoms with Gasteiger partial charge >= 0.3 is 5.97 Å². The molecule has 1 aliphatic rings. The number of halogens is 1. The molecule has 5 nitrogen and oxygen atoms in total. The molecule has 1 saturated heterocycles. The second-order valence-corrected chi connectivity index (χ2v) is 6.08. The Morgan fingerprint density at radius 2 is 2.00 bits per heavy atom. The Kier molecular flexibility index (Phi) is 4.90. The Labute approximate surface area is 145 Å². The number of esters is 1. The summed E-state index contributed by atoms with van der Waals surface area (Å²) in [5.41, 5.74) is 0.723. The first-order valence-corrected chi connectivity index (χ1v) is 8.23. The van der Waals surface area contributed by atoms with Gasteiger partial charge in [-0.3, -0.25) is 4.79 Å². The molecule has 126 valence electrons. The average molecular weight is 348 g/mol. The highest BCUT2D eigenvalue weighted by Crippen LogP contribution is 2.30. The van der Waals surface area contributed by atoms with Crippen LogP contribution in [0.15, 0.2) is 40.8 Å². The fraction of sp³-hybridized carbons (Fsp3) is 0.333. The molecule has 1 atom stereocenters. The van der Waals surface area contributed by atoms with E-state index in [-0.39, 0.29) is 17.6 Å². The summed E-state index contributed by atoms with van der Waals surface area (Å²) in [7, 11) is 1.34. The molecule has 3 rings (SSSR count). The van der Waals surface area contributed by atoms with Crippen molar-refractivity contribution < 1.29 is 18.7 Å². The van der Waals surface area contributed by atoms with Crippen LogP contribution < -0.4 is 0 Å². The molecule has 0 radical (unpaired) electrons. The number of nitrogens with zero attached hydrogens (tertiary/aromatic N) is 1. The molecular formula is C18H18ClNO4. The third kappa shape index (κ3) is 3.17. The number of carbonyl (C=O) groups excluding carboxylic acids is 2. The van der Waals surface area contributed by atoms with Gasteiger partial charge in [0.05, 0.1) is 12.1 Å². The summed E-state index contributed by atoms with van der Waals surface area (Å²) >= 11 is 6.16. The fourth-order valence-corrected chi connectivity index (χ4v) is 3.18. The zero-order chi connectivity index (χ0) is 17.1. The standard InChI is InChI=1S/C18H18ClNO4/c1-23-18(22)14-8-4-5-11-20(14)17(21)16-10-9-15(24-16)12-6-2-3-7-13(12)19/h2-3,6-7,9-10,14H,4-5,8,11H2,1H3. The number of carbonyl (C=O) groups is 2. The van der Waals surface area contributed by atoms with E-state index in [1.165, 1.54) is 12.0 Å². The average Bonchev–Trinajstić information content (AvgIpc) is 3.10. The Hall–Kier alpha value is -2.27. The van der Waals surface area contributed by atoms with Crippen molar-refractivity contribution in [3.63, 3.8) is 0 Å². The third-order valence-corrected chi connectivity index (χ3v) is 4.52. The van der Waals surface area contributed by atoms with Gasteiger partial charge in [0.15, 0.2) is 5.76 Å². The number of rotatable bonds is 3. The first-order chi connectivity index (χ1) is 11.6. The molecular weight excluding hydrogens is 330 g/mol. The van der Waals surface area contributed by atoms with Crippen LogP contribution in [0.1, 0.15) is 29.8 Å². The largest absolute Gasteiger partial charge is 0.467 e. The lowest BCUT2D eigenvalue weighted by molar-refractivity contribution is -0.147. The number of furan rings is 1. The molecule has 1 fully saturated rings. The number of ether oxygens (including phenoxy) is 1. The van der Waals surface area contributed by atoms with Crippen LogP contribution in [-0.4, -0.2) is 36.5 Å². The number of amides is 1. The molecule has 1 aliphatic heterocycles. The van der Waals surface area contributed by atoms with E-state index in [1.807, 2.05) is 18.2 Å². The molecule has 1 amide bonds. The van der Waals surface area contributed by atoms with Crippen LogP contribution in [0.5, 0.6) is 0 Å². The lowest BCUT2D eigenvalue weighted by Gasteiger charge is -2.33. The molecule has 1 unspecified atom stereocenters.